The average molecular weight is 377 g/mol. The lowest BCUT2D eigenvalue weighted by Gasteiger charge is -2.34. The number of likely N-dealkylation sites (N-methyl/N-ethyl adjacent to an activating group) is 1. The highest BCUT2D eigenvalue weighted by Crippen LogP contribution is 2.43. The number of aryl methyl sites for hydroxylation is 1. The minimum Gasteiger partial charge on any atom is -0.454 e. The second-order valence-electron chi connectivity index (χ2n) is 8.09. The Morgan fingerprint density at radius 1 is 1.18 bits per heavy atom. The van der Waals surface area contributed by atoms with Gasteiger partial charge in [0.2, 0.25) is 6.79 Å². The number of quaternary nitrogens is 1. The lowest BCUT2D eigenvalue weighted by molar-refractivity contribution is -0.886. The smallest absolute Gasteiger partial charge is 0.251 e. The van der Waals surface area contributed by atoms with Crippen LogP contribution in [0.25, 0.3) is 6.08 Å². The molecular formula is C23H25N2O3+. The molecule has 1 saturated heterocycles. The molecule has 0 bridgehead atoms. The fourth-order valence-corrected chi connectivity index (χ4v) is 4.75. The molecule has 1 amide bonds. The number of carbonyl (C=O) groups excluding carboxylic acids is 1. The van der Waals surface area contributed by atoms with Crippen LogP contribution in [0, 0.1) is 6.92 Å². The molecule has 0 radical (unpaired) electrons. The first-order valence-corrected chi connectivity index (χ1v) is 9.93. The largest absolute Gasteiger partial charge is 0.454 e. The molecule has 144 valence electrons. The molecule has 2 aromatic carbocycles. The van der Waals surface area contributed by atoms with Crippen LogP contribution in [0.3, 0.4) is 0 Å². The monoisotopic (exact) mass is 377 g/mol. The van der Waals surface area contributed by atoms with Crippen LogP contribution >= 0.6 is 0 Å². The number of nitrogens with one attached hydrogen (secondary N) is 1. The maximum atomic E-state index is 13.2. The van der Waals surface area contributed by atoms with Crippen LogP contribution in [-0.4, -0.2) is 38.9 Å². The van der Waals surface area contributed by atoms with Crippen molar-refractivity contribution in [1.82, 2.24) is 0 Å². The highest BCUT2D eigenvalue weighted by Gasteiger charge is 2.45. The third kappa shape index (κ3) is 2.87. The molecule has 5 nitrogen and oxygen atoms in total. The van der Waals surface area contributed by atoms with Gasteiger partial charge in [0.25, 0.3) is 5.91 Å². The second-order valence-corrected chi connectivity index (χ2v) is 8.09. The van der Waals surface area contributed by atoms with Crippen LogP contribution in [0.15, 0.2) is 42.5 Å². The molecule has 0 aromatic heterocycles. The van der Waals surface area contributed by atoms with Gasteiger partial charge in [0.05, 0.1) is 32.1 Å². The van der Waals surface area contributed by atoms with Crippen LogP contribution in [0.1, 0.15) is 29.0 Å². The fourth-order valence-electron chi connectivity index (χ4n) is 4.75. The summed E-state index contributed by atoms with van der Waals surface area (Å²) in [6, 6.07) is 12.5. The van der Waals surface area contributed by atoms with Gasteiger partial charge in [0.15, 0.2) is 11.5 Å². The van der Waals surface area contributed by atoms with Crippen molar-refractivity contribution in [3.63, 3.8) is 0 Å². The van der Waals surface area contributed by atoms with Crippen molar-refractivity contribution < 1.29 is 19.2 Å². The van der Waals surface area contributed by atoms with Gasteiger partial charge in [0, 0.05) is 18.2 Å². The molecule has 28 heavy (non-hydrogen) atoms. The summed E-state index contributed by atoms with van der Waals surface area (Å²) in [7, 11) is 2.25. The summed E-state index contributed by atoms with van der Waals surface area (Å²) >= 11 is 0. The zero-order valence-electron chi connectivity index (χ0n) is 16.3. The molecule has 1 unspecified atom stereocenters. The number of likely N-dealkylation sites (tertiary alicyclic amines) is 1. The third-order valence-corrected chi connectivity index (χ3v) is 6.13. The zero-order chi connectivity index (χ0) is 19.3. The Morgan fingerprint density at radius 2 is 2.04 bits per heavy atom. The first kappa shape index (κ1) is 17.3. The summed E-state index contributed by atoms with van der Waals surface area (Å²) in [5.41, 5.74) is 4.60. The van der Waals surface area contributed by atoms with Gasteiger partial charge in [-0.1, -0.05) is 23.8 Å². The van der Waals surface area contributed by atoms with E-state index < -0.39 is 0 Å². The molecule has 5 rings (SSSR count). The summed E-state index contributed by atoms with van der Waals surface area (Å²) in [6.45, 7) is 4.56. The Hall–Kier alpha value is -2.79. The number of benzene rings is 2. The van der Waals surface area contributed by atoms with Crippen LogP contribution in [0.4, 0.5) is 5.69 Å². The first-order chi connectivity index (χ1) is 13.6. The number of hydrogen-bond acceptors (Lipinski definition) is 3. The Bertz CT molecular complexity index is 968. The molecule has 3 aliphatic rings. The molecule has 0 aliphatic carbocycles. The number of fused-ring (bicyclic) bond motifs is 4. The first-order valence-electron chi connectivity index (χ1n) is 9.93. The summed E-state index contributed by atoms with van der Waals surface area (Å²) in [6.07, 6.45) is 4.59. The van der Waals surface area contributed by atoms with Crippen molar-refractivity contribution >= 4 is 17.7 Å². The molecule has 0 spiro atoms. The van der Waals surface area contributed by atoms with Gasteiger partial charge >= 0.3 is 0 Å². The molecule has 1 N–H and O–H groups in total. The highest BCUT2D eigenvalue weighted by molar-refractivity contribution is 6.06. The van der Waals surface area contributed by atoms with E-state index in [-0.39, 0.29) is 18.7 Å². The quantitative estimate of drug-likeness (QED) is 0.816. The third-order valence-electron chi connectivity index (χ3n) is 6.13. The van der Waals surface area contributed by atoms with E-state index in [9.17, 15) is 4.79 Å². The van der Waals surface area contributed by atoms with E-state index in [2.05, 4.69) is 32.2 Å². The van der Waals surface area contributed by atoms with Gasteiger partial charge in [-0.3, -0.25) is 4.79 Å². The fraction of sp³-hybridized carbons (Fsp3) is 0.348. The number of amides is 1. The topological polar surface area (TPSA) is 43.2 Å². The van der Waals surface area contributed by atoms with Crippen molar-refractivity contribution in [2.24, 2.45) is 0 Å². The molecule has 5 heteroatoms. The van der Waals surface area contributed by atoms with Gasteiger partial charge in [-0.05, 0) is 42.3 Å². The van der Waals surface area contributed by atoms with E-state index in [0.29, 0.717) is 5.92 Å². The predicted octanol–water partition coefficient (Wildman–Crippen LogP) is 2.15. The summed E-state index contributed by atoms with van der Waals surface area (Å²) in [5.74, 6) is 1.96. The lowest BCUT2D eigenvalue weighted by Crippen LogP contribution is -3.11. The predicted molar refractivity (Wildman–Crippen MR) is 108 cm³/mol. The molecule has 3 heterocycles. The SMILES string of the molecule is Cc1ccc2c(c1)[C@H]1C[NH+](C)CC[C@@H]1N2C(=O)/C=C/c1ccc2c(c1)OCO2. The lowest BCUT2D eigenvalue weighted by atomic mass is 9.89. The van der Waals surface area contributed by atoms with Gasteiger partial charge in [0.1, 0.15) is 0 Å². The van der Waals surface area contributed by atoms with Gasteiger partial charge in [-0.2, -0.15) is 0 Å². The minimum absolute atomic E-state index is 0.0508. The van der Waals surface area contributed by atoms with Gasteiger partial charge in [-0.15, -0.1) is 0 Å². The van der Waals surface area contributed by atoms with Crippen molar-refractivity contribution in [2.45, 2.75) is 25.3 Å². The number of piperidine rings is 1. The Morgan fingerprint density at radius 3 is 2.93 bits per heavy atom. The summed E-state index contributed by atoms with van der Waals surface area (Å²) in [4.78, 5) is 16.8. The molecule has 0 saturated carbocycles. The Balaban J connectivity index is 1.44. The summed E-state index contributed by atoms with van der Waals surface area (Å²) in [5, 5.41) is 0. The maximum Gasteiger partial charge on any atom is 0.251 e. The standard InChI is InChI=1S/C23H24N2O3/c1-15-3-6-19-17(11-15)18-13-24(2)10-9-20(18)25(19)23(26)8-5-16-4-7-21-22(12-16)28-14-27-21/h3-8,11-12,18,20H,9-10,13-14H2,1-2H3/p+1/b8-5+/t18-,20+/m1/s1. The molecular weight excluding hydrogens is 352 g/mol. The van der Waals surface area contributed by atoms with E-state index in [4.69, 9.17) is 9.47 Å². The maximum absolute atomic E-state index is 13.2. The van der Waals surface area contributed by atoms with E-state index in [1.807, 2.05) is 29.2 Å². The summed E-state index contributed by atoms with van der Waals surface area (Å²) < 4.78 is 10.8. The van der Waals surface area contributed by atoms with Crippen molar-refractivity contribution in [3.05, 3.63) is 59.2 Å². The Kier molecular flexibility index (Phi) is 4.13. The zero-order valence-corrected chi connectivity index (χ0v) is 16.3. The van der Waals surface area contributed by atoms with Crippen LogP contribution in [0.5, 0.6) is 11.5 Å². The van der Waals surface area contributed by atoms with E-state index in [0.717, 1.165) is 42.3 Å². The number of carbonyl (C=O) groups is 1. The van der Waals surface area contributed by atoms with E-state index in [1.54, 1.807) is 11.0 Å². The van der Waals surface area contributed by atoms with Crippen molar-refractivity contribution in [1.29, 1.82) is 0 Å². The second kappa shape index (κ2) is 6.67. The molecule has 1 fully saturated rings. The van der Waals surface area contributed by atoms with Crippen LogP contribution in [-0.2, 0) is 4.79 Å². The Labute approximate surface area is 165 Å². The molecule has 3 atom stereocenters. The molecule has 3 aliphatic heterocycles. The van der Waals surface area contributed by atoms with Crippen LogP contribution in [0.2, 0.25) is 0 Å². The van der Waals surface area contributed by atoms with Gasteiger partial charge in [-0.25, -0.2) is 0 Å². The number of rotatable bonds is 2. The van der Waals surface area contributed by atoms with Gasteiger partial charge < -0.3 is 19.3 Å². The minimum atomic E-state index is 0.0508. The average Bonchev–Trinajstić information content (AvgIpc) is 3.27. The molecule has 2 aromatic rings. The highest BCUT2D eigenvalue weighted by atomic mass is 16.7. The van der Waals surface area contributed by atoms with Crippen LogP contribution < -0.4 is 19.3 Å². The normalized spacial score (nSPS) is 25.1. The number of ether oxygens (including phenoxy) is 2. The number of hydrogen-bond donors (Lipinski definition) is 1. The number of nitrogens with zero attached hydrogens (tertiary/aromatic N) is 1. The van der Waals surface area contributed by atoms with Crippen molar-refractivity contribution in [2.75, 3.05) is 31.8 Å². The van der Waals surface area contributed by atoms with E-state index >= 15 is 0 Å². The number of anilines is 1. The van der Waals surface area contributed by atoms with Crippen molar-refractivity contribution in [3.8, 4) is 11.5 Å². The van der Waals surface area contributed by atoms with E-state index in [1.165, 1.54) is 11.1 Å².